The van der Waals surface area contributed by atoms with Crippen LogP contribution in [-0.4, -0.2) is 38.4 Å². The molecule has 3 aromatic rings. The molecule has 1 aliphatic rings. The Morgan fingerprint density at radius 2 is 2.04 bits per heavy atom. The topological polar surface area (TPSA) is 51.0 Å². The minimum atomic E-state index is 0.0463. The van der Waals surface area contributed by atoms with Gasteiger partial charge in [0.2, 0.25) is 5.91 Å². The maximum absolute atomic E-state index is 12.7. The second-order valence-electron chi connectivity index (χ2n) is 7.14. The molecule has 2 aromatic heterocycles. The fraction of sp³-hybridized carbons (Fsp3) is 0.381. The van der Waals surface area contributed by atoms with Crippen molar-refractivity contribution in [1.82, 2.24) is 19.7 Å². The Morgan fingerprint density at radius 3 is 2.71 bits per heavy atom. The van der Waals surface area contributed by atoms with Crippen molar-refractivity contribution in [2.24, 2.45) is 0 Å². The standard InChI is InChI=1S/C21H24N4OS2/c1-15(16-7-4-3-5-8-16)24(2)20(26)14-28-21-23-22-19(25(21)17-10-11-17)13-18-9-6-12-27-18/h3-9,12,15,17H,10-11,13-14H2,1-2H3/t15-/m1/s1. The highest BCUT2D eigenvalue weighted by atomic mass is 32.2. The summed E-state index contributed by atoms with van der Waals surface area (Å²) in [6.07, 6.45) is 3.14. The van der Waals surface area contributed by atoms with Gasteiger partial charge in [0.25, 0.3) is 0 Å². The van der Waals surface area contributed by atoms with Crippen molar-refractivity contribution in [3.63, 3.8) is 0 Å². The van der Waals surface area contributed by atoms with Crippen molar-refractivity contribution in [2.45, 2.75) is 43.4 Å². The smallest absolute Gasteiger partial charge is 0.233 e. The predicted octanol–water partition coefficient (Wildman–Crippen LogP) is 4.58. The van der Waals surface area contributed by atoms with Gasteiger partial charge in [-0.25, -0.2) is 0 Å². The molecule has 4 rings (SSSR count). The highest BCUT2D eigenvalue weighted by molar-refractivity contribution is 7.99. The van der Waals surface area contributed by atoms with Crippen LogP contribution in [0.5, 0.6) is 0 Å². The molecule has 1 atom stereocenters. The zero-order valence-electron chi connectivity index (χ0n) is 16.1. The number of benzene rings is 1. The molecule has 0 bridgehead atoms. The first-order chi connectivity index (χ1) is 13.6. The van der Waals surface area contributed by atoms with Gasteiger partial charge in [-0.05, 0) is 36.8 Å². The molecule has 2 heterocycles. The van der Waals surface area contributed by atoms with Gasteiger partial charge in [-0.2, -0.15) is 0 Å². The summed E-state index contributed by atoms with van der Waals surface area (Å²) >= 11 is 3.24. The summed E-state index contributed by atoms with van der Waals surface area (Å²) < 4.78 is 2.25. The summed E-state index contributed by atoms with van der Waals surface area (Å²) in [7, 11) is 1.87. The first-order valence-corrected chi connectivity index (χ1v) is 11.4. The Labute approximate surface area is 173 Å². The van der Waals surface area contributed by atoms with Gasteiger partial charge in [0, 0.05) is 24.4 Å². The SMILES string of the molecule is C[C@H](c1ccccc1)N(C)C(=O)CSc1nnc(Cc2cccs2)n1C1CC1. The zero-order valence-corrected chi connectivity index (χ0v) is 17.7. The third-order valence-electron chi connectivity index (χ3n) is 5.14. The lowest BCUT2D eigenvalue weighted by Crippen LogP contribution is -2.31. The highest BCUT2D eigenvalue weighted by Gasteiger charge is 2.30. The van der Waals surface area contributed by atoms with Crippen LogP contribution in [0.3, 0.4) is 0 Å². The lowest BCUT2D eigenvalue weighted by atomic mass is 10.1. The molecule has 0 radical (unpaired) electrons. The van der Waals surface area contributed by atoms with Gasteiger partial charge in [-0.3, -0.25) is 4.79 Å². The van der Waals surface area contributed by atoms with Gasteiger partial charge in [-0.15, -0.1) is 21.5 Å². The van der Waals surface area contributed by atoms with Crippen molar-refractivity contribution in [3.05, 3.63) is 64.1 Å². The summed E-state index contributed by atoms with van der Waals surface area (Å²) in [4.78, 5) is 15.8. The molecule has 1 aliphatic carbocycles. The maximum atomic E-state index is 12.7. The van der Waals surface area contributed by atoms with Crippen LogP contribution in [-0.2, 0) is 11.2 Å². The number of aromatic nitrogens is 3. The normalized spacial score (nSPS) is 14.8. The van der Waals surface area contributed by atoms with Gasteiger partial charge < -0.3 is 9.47 Å². The average molecular weight is 413 g/mol. The monoisotopic (exact) mass is 412 g/mol. The number of carbonyl (C=O) groups is 1. The molecular weight excluding hydrogens is 388 g/mol. The van der Waals surface area contributed by atoms with E-state index in [1.54, 1.807) is 11.3 Å². The van der Waals surface area contributed by atoms with E-state index in [0.717, 1.165) is 23.0 Å². The highest BCUT2D eigenvalue weighted by Crippen LogP contribution is 2.39. The average Bonchev–Trinajstić information content (AvgIpc) is 3.28. The molecular formula is C21H24N4OS2. The third kappa shape index (κ3) is 4.31. The van der Waals surface area contributed by atoms with E-state index in [4.69, 9.17) is 0 Å². The number of carbonyl (C=O) groups excluding carboxylic acids is 1. The fourth-order valence-electron chi connectivity index (χ4n) is 3.19. The van der Waals surface area contributed by atoms with Crippen molar-refractivity contribution >= 4 is 29.0 Å². The first-order valence-electron chi connectivity index (χ1n) is 9.53. The summed E-state index contributed by atoms with van der Waals surface area (Å²) in [5.74, 6) is 1.48. The lowest BCUT2D eigenvalue weighted by Gasteiger charge is -2.25. The number of rotatable bonds is 8. The van der Waals surface area contributed by atoms with E-state index in [1.165, 1.54) is 29.5 Å². The van der Waals surface area contributed by atoms with Crippen LogP contribution in [0.4, 0.5) is 0 Å². The van der Waals surface area contributed by atoms with Crippen molar-refractivity contribution in [2.75, 3.05) is 12.8 Å². The molecule has 0 N–H and O–H groups in total. The van der Waals surface area contributed by atoms with Gasteiger partial charge in [0.15, 0.2) is 5.16 Å². The molecule has 146 valence electrons. The van der Waals surface area contributed by atoms with Crippen molar-refractivity contribution in [3.8, 4) is 0 Å². The van der Waals surface area contributed by atoms with Crippen LogP contribution in [0.1, 0.15) is 48.1 Å². The second kappa shape index (κ2) is 8.49. The van der Waals surface area contributed by atoms with Gasteiger partial charge in [0.1, 0.15) is 5.82 Å². The van der Waals surface area contributed by atoms with Crippen LogP contribution < -0.4 is 0 Å². The Hall–Kier alpha value is -2.12. The number of thiophene rings is 1. The minimum Gasteiger partial charge on any atom is -0.338 e. The summed E-state index contributed by atoms with van der Waals surface area (Å²) in [6.45, 7) is 2.06. The van der Waals surface area contributed by atoms with Crippen LogP contribution in [0.2, 0.25) is 0 Å². The molecule has 1 saturated carbocycles. The van der Waals surface area contributed by atoms with Gasteiger partial charge in [0.05, 0.1) is 11.8 Å². The van der Waals surface area contributed by atoms with Crippen molar-refractivity contribution in [1.29, 1.82) is 0 Å². The summed E-state index contributed by atoms with van der Waals surface area (Å²) in [6, 6.07) is 14.9. The van der Waals surface area contributed by atoms with E-state index in [9.17, 15) is 4.79 Å². The summed E-state index contributed by atoms with van der Waals surface area (Å²) in [5, 5.41) is 11.8. The van der Waals surface area contributed by atoms with Crippen molar-refractivity contribution < 1.29 is 4.79 Å². The molecule has 0 spiro atoms. The Morgan fingerprint density at radius 1 is 1.25 bits per heavy atom. The van der Waals surface area contributed by atoms with E-state index < -0.39 is 0 Å². The predicted molar refractivity (Wildman–Crippen MR) is 114 cm³/mol. The van der Waals surface area contributed by atoms with Crippen LogP contribution in [0, 0.1) is 0 Å². The maximum Gasteiger partial charge on any atom is 0.233 e. The molecule has 0 unspecified atom stereocenters. The second-order valence-corrected chi connectivity index (χ2v) is 9.11. The number of hydrogen-bond donors (Lipinski definition) is 0. The molecule has 0 aliphatic heterocycles. The van der Waals surface area contributed by atoms with E-state index in [1.807, 2.05) is 30.1 Å². The van der Waals surface area contributed by atoms with Crippen LogP contribution >= 0.6 is 23.1 Å². The van der Waals surface area contributed by atoms with Crippen LogP contribution in [0.25, 0.3) is 0 Å². The Balaban J connectivity index is 1.41. The van der Waals surface area contributed by atoms with Crippen LogP contribution in [0.15, 0.2) is 53.0 Å². The molecule has 7 heteroatoms. The van der Waals surface area contributed by atoms with E-state index >= 15 is 0 Å². The zero-order chi connectivity index (χ0) is 19.5. The molecule has 28 heavy (non-hydrogen) atoms. The first kappa shape index (κ1) is 19.2. The van der Waals surface area contributed by atoms with E-state index in [2.05, 4.69) is 51.3 Å². The quantitative estimate of drug-likeness (QED) is 0.508. The molecule has 1 amide bonds. The molecule has 5 nitrogen and oxygen atoms in total. The molecule has 0 saturated heterocycles. The molecule has 1 fully saturated rings. The van der Waals surface area contributed by atoms with Gasteiger partial charge in [-0.1, -0.05) is 48.2 Å². The van der Waals surface area contributed by atoms with Gasteiger partial charge >= 0.3 is 0 Å². The minimum absolute atomic E-state index is 0.0463. The Kier molecular flexibility index (Phi) is 5.82. The lowest BCUT2D eigenvalue weighted by molar-refractivity contribution is -0.128. The number of thioether (sulfide) groups is 1. The molecule has 1 aromatic carbocycles. The number of hydrogen-bond acceptors (Lipinski definition) is 5. The van der Waals surface area contributed by atoms with E-state index in [0.29, 0.717) is 11.8 Å². The number of nitrogens with zero attached hydrogens (tertiary/aromatic N) is 4. The number of amides is 1. The summed E-state index contributed by atoms with van der Waals surface area (Å²) in [5.41, 5.74) is 1.14. The Bertz CT molecular complexity index is 919. The largest absolute Gasteiger partial charge is 0.338 e. The fourth-order valence-corrected chi connectivity index (χ4v) is 4.84. The van der Waals surface area contributed by atoms with E-state index in [-0.39, 0.29) is 11.9 Å². The third-order valence-corrected chi connectivity index (χ3v) is 6.94.